The molecule has 2 aromatic heterocycles. The Bertz CT molecular complexity index is 785. The first-order chi connectivity index (χ1) is 11.7. The maximum atomic E-state index is 12.1. The molecule has 3 aromatic rings. The molecule has 0 radical (unpaired) electrons. The summed E-state index contributed by atoms with van der Waals surface area (Å²) in [6.45, 7) is 0.640. The van der Waals surface area contributed by atoms with Gasteiger partial charge in [0.15, 0.2) is 0 Å². The number of hydrogen-bond acceptors (Lipinski definition) is 5. The summed E-state index contributed by atoms with van der Waals surface area (Å²) in [4.78, 5) is 16.5. The van der Waals surface area contributed by atoms with Gasteiger partial charge in [0.25, 0.3) is 5.91 Å². The average Bonchev–Trinajstić information content (AvgIpc) is 3.27. The van der Waals surface area contributed by atoms with Gasteiger partial charge in [-0.25, -0.2) is 4.98 Å². The predicted molar refractivity (Wildman–Crippen MR) is 105 cm³/mol. The van der Waals surface area contributed by atoms with Crippen molar-refractivity contribution < 1.29 is 4.79 Å². The first kappa shape index (κ1) is 17.5. The second-order valence-electron chi connectivity index (χ2n) is 4.98. The van der Waals surface area contributed by atoms with Crippen LogP contribution in [0.3, 0.4) is 0 Å². The Labute approximate surface area is 158 Å². The lowest BCUT2D eigenvalue weighted by Crippen LogP contribution is -2.26. The van der Waals surface area contributed by atoms with E-state index in [9.17, 15) is 4.79 Å². The van der Waals surface area contributed by atoms with Crippen LogP contribution in [0.25, 0.3) is 10.6 Å². The number of thiophene rings is 1. The summed E-state index contributed by atoms with van der Waals surface area (Å²) in [6, 6.07) is 9.59. The summed E-state index contributed by atoms with van der Waals surface area (Å²) in [7, 11) is 0. The summed E-state index contributed by atoms with van der Waals surface area (Å²) in [6.07, 6.45) is 0. The van der Waals surface area contributed by atoms with Crippen LogP contribution < -0.4 is 5.32 Å². The standard InChI is InChI=1S/C17H15ClN2OS3/c18-14-3-1-13(2-4-14)17-20-15(11-24-17)16(21)19-6-8-23-10-12-5-7-22-9-12/h1-5,7,9,11H,6,8,10H2,(H,19,21). The van der Waals surface area contributed by atoms with E-state index in [1.54, 1.807) is 16.7 Å². The van der Waals surface area contributed by atoms with Crippen molar-refractivity contribution in [3.8, 4) is 10.6 Å². The number of halogens is 1. The van der Waals surface area contributed by atoms with Gasteiger partial charge in [0, 0.05) is 34.0 Å². The van der Waals surface area contributed by atoms with Crippen molar-refractivity contribution in [3.63, 3.8) is 0 Å². The van der Waals surface area contributed by atoms with Crippen LogP contribution in [0.4, 0.5) is 0 Å². The molecule has 0 aliphatic rings. The Morgan fingerprint density at radius 3 is 2.79 bits per heavy atom. The van der Waals surface area contributed by atoms with Gasteiger partial charge in [0.1, 0.15) is 10.7 Å². The van der Waals surface area contributed by atoms with Crippen molar-refractivity contribution in [2.24, 2.45) is 0 Å². The Hall–Kier alpha value is -1.34. The summed E-state index contributed by atoms with van der Waals surface area (Å²) in [5.74, 6) is 1.75. The minimum absolute atomic E-state index is 0.123. The number of rotatable bonds is 7. The van der Waals surface area contributed by atoms with Crippen molar-refractivity contribution in [2.45, 2.75) is 5.75 Å². The van der Waals surface area contributed by atoms with Gasteiger partial charge in [0.05, 0.1) is 0 Å². The van der Waals surface area contributed by atoms with Gasteiger partial charge in [-0.05, 0) is 34.5 Å². The lowest BCUT2D eigenvalue weighted by Gasteiger charge is -2.03. The molecule has 0 aliphatic heterocycles. The fourth-order valence-corrected chi connectivity index (χ4v) is 4.51. The van der Waals surface area contributed by atoms with Crippen LogP contribution in [0.15, 0.2) is 46.5 Å². The van der Waals surface area contributed by atoms with Crippen molar-refractivity contribution in [1.82, 2.24) is 10.3 Å². The summed E-state index contributed by atoms with van der Waals surface area (Å²) >= 11 is 10.9. The first-order valence-corrected chi connectivity index (χ1v) is 10.7. The van der Waals surface area contributed by atoms with Crippen LogP contribution >= 0.6 is 46.0 Å². The molecule has 0 saturated heterocycles. The highest BCUT2D eigenvalue weighted by atomic mass is 35.5. The molecule has 0 atom stereocenters. The summed E-state index contributed by atoms with van der Waals surface area (Å²) < 4.78 is 0. The van der Waals surface area contributed by atoms with E-state index in [2.05, 4.69) is 27.1 Å². The van der Waals surface area contributed by atoms with Gasteiger partial charge in [-0.2, -0.15) is 23.1 Å². The highest BCUT2D eigenvalue weighted by Crippen LogP contribution is 2.25. The molecule has 0 saturated carbocycles. The number of thiazole rings is 1. The summed E-state index contributed by atoms with van der Waals surface area (Å²) in [5.41, 5.74) is 2.77. The Morgan fingerprint density at radius 1 is 1.21 bits per heavy atom. The highest BCUT2D eigenvalue weighted by molar-refractivity contribution is 7.98. The van der Waals surface area contributed by atoms with E-state index in [1.807, 2.05) is 36.0 Å². The normalized spacial score (nSPS) is 10.7. The topological polar surface area (TPSA) is 42.0 Å². The van der Waals surface area contributed by atoms with Crippen molar-refractivity contribution in [3.05, 3.63) is 62.8 Å². The molecule has 3 rings (SSSR count). The fourth-order valence-electron chi connectivity index (χ4n) is 2.00. The Balaban J connectivity index is 1.46. The molecule has 0 bridgehead atoms. The number of thioether (sulfide) groups is 1. The lowest BCUT2D eigenvalue weighted by atomic mass is 10.2. The zero-order valence-electron chi connectivity index (χ0n) is 12.7. The minimum Gasteiger partial charge on any atom is -0.350 e. The number of benzene rings is 1. The zero-order chi connectivity index (χ0) is 16.8. The zero-order valence-corrected chi connectivity index (χ0v) is 15.9. The smallest absolute Gasteiger partial charge is 0.270 e. The third kappa shape index (κ3) is 4.83. The third-order valence-corrected chi connectivity index (χ3v) is 6.11. The number of nitrogens with zero attached hydrogens (tertiary/aromatic N) is 1. The molecule has 3 nitrogen and oxygen atoms in total. The number of aromatic nitrogens is 1. The maximum Gasteiger partial charge on any atom is 0.270 e. The van der Waals surface area contributed by atoms with E-state index in [1.165, 1.54) is 16.9 Å². The van der Waals surface area contributed by atoms with Crippen LogP contribution in [-0.2, 0) is 5.75 Å². The molecule has 124 valence electrons. The van der Waals surface area contributed by atoms with E-state index in [4.69, 9.17) is 11.6 Å². The highest BCUT2D eigenvalue weighted by Gasteiger charge is 2.11. The molecule has 0 aliphatic carbocycles. The summed E-state index contributed by atoms with van der Waals surface area (Å²) in [5, 5.41) is 10.5. The first-order valence-electron chi connectivity index (χ1n) is 7.31. The van der Waals surface area contributed by atoms with Crippen LogP contribution in [0.5, 0.6) is 0 Å². The molecule has 0 spiro atoms. The molecular weight excluding hydrogens is 380 g/mol. The monoisotopic (exact) mass is 394 g/mol. The number of hydrogen-bond donors (Lipinski definition) is 1. The number of nitrogens with one attached hydrogen (secondary N) is 1. The second kappa shape index (κ2) is 8.67. The molecule has 2 heterocycles. The van der Waals surface area contributed by atoms with E-state index in [0.29, 0.717) is 17.3 Å². The van der Waals surface area contributed by atoms with Crippen molar-refractivity contribution in [1.29, 1.82) is 0 Å². The molecule has 24 heavy (non-hydrogen) atoms. The quantitative estimate of drug-likeness (QED) is 0.561. The van der Waals surface area contributed by atoms with Gasteiger partial charge in [0.2, 0.25) is 0 Å². The number of carbonyl (C=O) groups excluding carboxylic acids is 1. The lowest BCUT2D eigenvalue weighted by molar-refractivity contribution is 0.0952. The van der Waals surface area contributed by atoms with Gasteiger partial charge in [-0.15, -0.1) is 11.3 Å². The maximum absolute atomic E-state index is 12.1. The van der Waals surface area contributed by atoms with Crippen molar-refractivity contribution in [2.75, 3.05) is 12.3 Å². The van der Waals surface area contributed by atoms with E-state index >= 15 is 0 Å². The molecule has 0 fully saturated rings. The van der Waals surface area contributed by atoms with Gasteiger partial charge >= 0.3 is 0 Å². The van der Waals surface area contributed by atoms with Gasteiger partial charge in [-0.1, -0.05) is 23.7 Å². The molecule has 0 unspecified atom stereocenters. The third-order valence-electron chi connectivity index (χ3n) is 3.21. The van der Waals surface area contributed by atoms with Gasteiger partial charge in [-0.3, -0.25) is 4.79 Å². The molecule has 1 N–H and O–H groups in total. The van der Waals surface area contributed by atoms with Crippen LogP contribution in [0, 0.1) is 0 Å². The van der Waals surface area contributed by atoms with E-state index in [-0.39, 0.29) is 5.91 Å². The largest absolute Gasteiger partial charge is 0.350 e. The second-order valence-corrected chi connectivity index (χ2v) is 8.16. The van der Waals surface area contributed by atoms with Crippen LogP contribution in [0.2, 0.25) is 5.02 Å². The average molecular weight is 395 g/mol. The SMILES string of the molecule is O=C(NCCSCc1ccsc1)c1csc(-c2ccc(Cl)cc2)n1. The minimum atomic E-state index is -0.123. The van der Waals surface area contributed by atoms with Gasteiger partial charge < -0.3 is 5.32 Å². The molecule has 1 aromatic carbocycles. The fraction of sp³-hybridized carbons (Fsp3) is 0.176. The van der Waals surface area contributed by atoms with E-state index in [0.717, 1.165) is 22.1 Å². The molecule has 1 amide bonds. The van der Waals surface area contributed by atoms with Crippen molar-refractivity contribution >= 4 is 51.9 Å². The van der Waals surface area contributed by atoms with E-state index < -0.39 is 0 Å². The van der Waals surface area contributed by atoms with Crippen LogP contribution in [0.1, 0.15) is 16.1 Å². The predicted octanol–water partition coefficient (Wildman–Crippen LogP) is 5.19. The molecule has 7 heteroatoms. The molecular formula is C17H15ClN2OS3. The Kier molecular flexibility index (Phi) is 6.31. The van der Waals surface area contributed by atoms with Crippen LogP contribution in [-0.4, -0.2) is 23.2 Å². The number of amides is 1. The Morgan fingerprint density at radius 2 is 2.04 bits per heavy atom. The number of carbonyl (C=O) groups is 1.